The Balaban J connectivity index is 2.28. The van der Waals surface area contributed by atoms with E-state index in [9.17, 15) is 0 Å². The summed E-state index contributed by atoms with van der Waals surface area (Å²) in [5.41, 5.74) is 3.22. The van der Waals surface area contributed by atoms with Crippen molar-refractivity contribution in [2.24, 2.45) is 0 Å². The number of rotatable bonds is 10. The van der Waals surface area contributed by atoms with E-state index in [1.54, 1.807) is 13.2 Å². The SMILES string of the molecule is C=CCOCc1ccc(OC)c(OCc2ccccc2)c1CC=C. The van der Waals surface area contributed by atoms with Crippen molar-refractivity contribution < 1.29 is 14.2 Å². The van der Waals surface area contributed by atoms with Gasteiger partial charge in [0.15, 0.2) is 11.5 Å². The van der Waals surface area contributed by atoms with Crippen LogP contribution >= 0.6 is 0 Å². The normalized spacial score (nSPS) is 10.2. The van der Waals surface area contributed by atoms with Crippen LogP contribution in [0.15, 0.2) is 67.8 Å². The van der Waals surface area contributed by atoms with Gasteiger partial charge in [0.1, 0.15) is 6.61 Å². The van der Waals surface area contributed by atoms with E-state index in [0.717, 1.165) is 28.2 Å². The second-order valence-corrected chi connectivity index (χ2v) is 5.31. The summed E-state index contributed by atoms with van der Waals surface area (Å²) in [7, 11) is 1.65. The number of ether oxygens (including phenoxy) is 3. The van der Waals surface area contributed by atoms with Gasteiger partial charge < -0.3 is 14.2 Å². The number of benzene rings is 2. The minimum atomic E-state index is 0.484. The summed E-state index contributed by atoms with van der Waals surface area (Å²) in [5, 5.41) is 0. The lowest BCUT2D eigenvalue weighted by atomic mass is 10.0. The summed E-state index contributed by atoms with van der Waals surface area (Å²) in [6.45, 7) is 9.03. The summed E-state index contributed by atoms with van der Waals surface area (Å²) in [5.74, 6) is 1.47. The fourth-order valence-corrected chi connectivity index (χ4v) is 2.45. The van der Waals surface area contributed by atoms with Crippen LogP contribution in [0.2, 0.25) is 0 Å². The monoisotopic (exact) mass is 324 g/mol. The molecule has 0 amide bonds. The summed E-state index contributed by atoms with van der Waals surface area (Å²) in [6, 6.07) is 14.0. The molecule has 126 valence electrons. The zero-order valence-electron chi connectivity index (χ0n) is 14.2. The molecule has 0 atom stereocenters. The summed E-state index contributed by atoms with van der Waals surface area (Å²) in [6.07, 6.45) is 4.29. The van der Waals surface area contributed by atoms with Gasteiger partial charge in [0.05, 0.1) is 20.3 Å². The molecular weight excluding hydrogens is 300 g/mol. The maximum absolute atomic E-state index is 6.10. The molecule has 0 radical (unpaired) electrons. The molecule has 24 heavy (non-hydrogen) atoms. The summed E-state index contributed by atoms with van der Waals surface area (Å²) < 4.78 is 17.2. The quantitative estimate of drug-likeness (QED) is 0.468. The second-order valence-electron chi connectivity index (χ2n) is 5.31. The van der Waals surface area contributed by atoms with Crippen LogP contribution in [0, 0.1) is 0 Å². The van der Waals surface area contributed by atoms with Crippen molar-refractivity contribution in [2.45, 2.75) is 19.6 Å². The highest BCUT2D eigenvalue weighted by Gasteiger charge is 2.15. The molecule has 0 saturated carbocycles. The average molecular weight is 324 g/mol. The van der Waals surface area contributed by atoms with E-state index < -0.39 is 0 Å². The van der Waals surface area contributed by atoms with Crippen LogP contribution in [0.1, 0.15) is 16.7 Å². The highest BCUT2D eigenvalue weighted by atomic mass is 16.5. The van der Waals surface area contributed by atoms with Crippen molar-refractivity contribution in [1.82, 2.24) is 0 Å². The largest absolute Gasteiger partial charge is 0.493 e. The molecule has 0 saturated heterocycles. The second kappa shape index (κ2) is 9.58. The molecule has 0 heterocycles. The van der Waals surface area contributed by atoms with Crippen molar-refractivity contribution in [3.63, 3.8) is 0 Å². The Kier molecular flexibility index (Phi) is 7.12. The van der Waals surface area contributed by atoms with Gasteiger partial charge >= 0.3 is 0 Å². The fourth-order valence-electron chi connectivity index (χ4n) is 2.45. The van der Waals surface area contributed by atoms with E-state index in [1.165, 1.54) is 0 Å². The summed E-state index contributed by atoms with van der Waals surface area (Å²) in [4.78, 5) is 0. The first kappa shape index (κ1) is 17.8. The minimum absolute atomic E-state index is 0.484. The zero-order chi connectivity index (χ0) is 17.2. The molecule has 0 fully saturated rings. The predicted molar refractivity (Wildman–Crippen MR) is 97.5 cm³/mol. The van der Waals surface area contributed by atoms with Crippen LogP contribution in [0.5, 0.6) is 11.5 Å². The van der Waals surface area contributed by atoms with Crippen LogP contribution in [-0.2, 0) is 24.4 Å². The van der Waals surface area contributed by atoms with Gasteiger partial charge in [-0.15, -0.1) is 13.2 Å². The molecule has 0 aliphatic heterocycles. The van der Waals surface area contributed by atoms with E-state index >= 15 is 0 Å². The maximum atomic E-state index is 6.10. The highest BCUT2D eigenvalue weighted by molar-refractivity contribution is 5.51. The van der Waals surface area contributed by atoms with E-state index in [2.05, 4.69) is 13.2 Å². The number of hydrogen-bond acceptors (Lipinski definition) is 3. The first-order valence-corrected chi connectivity index (χ1v) is 7.95. The molecule has 0 aromatic heterocycles. The number of methoxy groups -OCH3 is 1. The third kappa shape index (κ3) is 4.74. The Labute approximate surface area is 144 Å². The van der Waals surface area contributed by atoms with Gasteiger partial charge in [0.2, 0.25) is 0 Å². The Bertz CT molecular complexity index is 662. The molecule has 0 aliphatic carbocycles. The number of hydrogen-bond donors (Lipinski definition) is 0. The highest BCUT2D eigenvalue weighted by Crippen LogP contribution is 2.35. The van der Waals surface area contributed by atoms with Gasteiger partial charge in [-0.2, -0.15) is 0 Å². The van der Waals surface area contributed by atoms with Gasteiger partial charge in [-0.05, 0) is 23.6 Å². The van der Waals surface area contributed by atoms with Crippen LogP contribution in [0.25, 0.3) is 0 Å². The van der Waals surface area contributed by atoms with Crippen LogP contribution < -0.4 is 9.47 Å². The molecule has 0 unspecified atom stereocenters. The van der Waals surface area contributed by atoms with Crippen molar-refractivity contribution in [1.29, 1.82) is 0 Å². The van der Waals surface area contributed by atoms with Crippen LogP contribution in [0.4, 0.5) is 0 Å². The lowest BCUT2D eigenvalue weighted by Gasteiger charge is -2.18. The maximum Gasteiger partial charge on any atom is 0.165 e. The fraction of sp³-hybridized carbons (Fsp3) is 0.238. The Morgan fingerprint density at radius 3 is 2.42 bits per heavy atom. The first-order chi connectivity index (χ1) is 11.8. The van der Waals surface area contributed by atoms with E-state index in [0.29, 0.717) is 26.2 Å². The molecule has 0 N–H and O–H groups in total. The van der Waals surface area contributed by atoms with Crippen molar-refractivity contribution in [2.75, 3.05) is 13.7 Å². The number of allylic oxidation sites excluding steroid dienone is 1. The van der Waals surface area contributed by atoms with E-state index in [-0.39, 0.29) is 0 Å². The van der Waals surface area contributed by atoms with Gasteiger partial charge in [-0.3, -0.25) is 0 Å². The topological polar surface area (TPSA) is 27.7 Å². The van der Waals surface area contributed by atoms with Gasteiger partial charge in [0, 0.05) is 5.56 Å². The lowest BCUT2D eigenvalue weighted by Crippen LogP contribution is -2.05. The Morgan fingerprint density at radius 2 is 1.75 bits per heavy atom. The molecule has 0 bridgehead atoms. The smallest absolute Gasteiger partial charge is 0.165 e. The van der Waals surface area contributed by atoms with E-state index in [1.807, 2.05) is 48.5 Å². The third-order valence-electron chi connectivity index (χ3n) is 3.61. The van der Waals surface area contributed by atoms with Gasteiger partial charge in [0.25, 0.3) is 0 Å². The summed E-state index contributed by atoms with van der Waals surface area (Å²) >= 11 is 0. The molecule has 2 aromatic rings. The van der Waals surface area contributed by atoms with E-state index in [4.69, 9.17) is 14.2 Å². The lowest BCUT2D eigenvalue weighted by molar-refractivity contribution is 0.147. The van der Waals surface area contributed by atoms with Crippen molar-refractivity contribution >= 4 is 0 Å². The molecule has 3 nitrogen and oxygen atoms in total. The average Bonchev–Trinajstić information content (AvgIpc) is 2.62. The molecule has 0 aliphatic rings. The Hall–Kier alpha value is -2.52. The predicted octanol–water partition coefficient (Wildman–Crippen LogP) is 4.71. The zero-order valence-corrected chi connectivity index (χ0v) is 14.2. The van der Waals surface area contributed by atoms with Crippen LogP contribution in [0.3, 0.4) is 0 Å². The first-order valence-electron chi connectivity index (χ1n) is 7.95. The van der Waals surface area contributed by atoms with Crippen molar-refractivity contribution in [3.8, 4) is 11.5 Å². The van der Waals surface area contributed by atoms with Gasteiger partial charge in [-0.25, -0.2) is 0 Å². The third-order valence-corrected chi connectivity index (χ3v) is 3.61. The van der Waals surface area contributed by atoms with Crippen molar-refractivity contribution in [3.05, 3.63) is 84.5 Å². The molecule has 2 aromatic carbocycles. The molecule has 2 rings (SSSR count). The molecular formula is C21H24O3. The minimum Gasteiger partial charge on any atom is -0.493 e. The van der Waals surface area contributed by atoms with Crippen LogP contribution in [-0.4, -0.2) is 13.7 Å². The molecule has 3 heteroatoms. The Morgan fingerprint density at radius 1 is 0.958 bits per heavy atom. The van der Waals surface area contributed by atoms with Gasteiger partial charge in [-0.1, -0.05) is 48.6 Å². The standard InChI is InChI=1S/C21H24O3/c1-4-9-19-18(16-23-14-5-2)12-13-20(22-3)21(19)24-15-17-10-7-6-8-11-17/h4-8,10-13H,1-2,9,14-16H2,3H3. The molecule has 0 spiro atoms.